The SMILES string of the molecule is C[C@@H]1CCCC[C@H]1NCC(C)(C)O. The Morgan fingerprint density at radius 1 is 1.31 bits per heavy atom. The molecule has 2 nitrogen and oxygen atoms in total. The molecule has 13 heavy (non-hydrogen) atoms. The van der Waals surface area contributed by atoms with Crippen LogP contribution in [0.4, 0.5) is 0 Å². The van der Waals surface area contributed by atoms with E-state index in [4.69, 9.17) is 0 Å². The van der Waals surface area contributed by atoms with Gasteiger partial charge in [-0.25, -0.2) is 0 Å². The van der Waals surface area contributed by atoms with Crippen molar-refractivity contribution in [1.29, 1.82) is 0 Å². The van der Waals surface area contributed by atoms with Gasteiger partial charge in [0.05, 0.1) is 5.60 Å². The van der Waals surface area contributed by atoms with Gasteiger partial charge in [-0.05, 0) is 32.6 Å². The van der Waals surface area contributed by atoms with Gasteiger partial charge < -0.3 is 10.4 Å². The van der Waals surface area contributed by atoms with E-state index in [0.717, 1.165) is 5.92 Å². The molecule has 1 fully saturated rings. The highest BCUT2D eigenvalue weighted by atomic mass is 16.3. The quantitative estimate of drug-likeness (QED) is 0.704. The second kappa shape index (κ2) is 4.43. The van der Waals surface area contributed by atoms with Gasteiger partial charge >= 0.3 is 0 Å². The summed E-state index contributed by atoms with van der Waals surface area (Å²) in [5, 5.41) is 13.0. The maximum atomic E-state index is 9.57. The lowest BCUT2D eigenvalue weighted by Gasteiger charge is -2.31. The molecule has 0 amide bonds. The van der Waals surface area contributed by atoms with Crippen LogP contribution in [0.5, 0.6) is 0 Å². The van der Waals surface area contributed by atoms with Crippen LogP contribution >= 0.6 is 0 Å². The fourth-order valence-corrected chi connectivity index (χ4v) is 2.00. The molecule has 0 heterocycles. The van der Waals surface area contributed by atoms with E-state index in [0.29, 0.717) is 12.6 Å². The minimum atomic E-state index is -0.572. The second-order valence-corrected chi connectivity index (χ2v) is 5.06. The molecule has 0 unspecified atom stereocenters. The first-order valence-corrected chi connectivity index (χ1v) is 5.45. The predicted octanol–water partition coefficient (Wildman–Crippen LogP) is 1.93. The van der Waals surface area contributed by atoms with Crippen molar-refractivity contribution in [3.63, 3.8) is 0 Å². The zero-order valence-electron chi connectivity index (χ0n) is 9.14. The summed E-state index contributed by atoms with van der Waals surface area (Å²) in [4.78, 5) is 0. The van der Waals surface area contributed by atoms with Crippen molar-refractivity contribution in [3.05, 3.63) is 0 Å². The largest absolute Gasteiger partial charge is 0.389 e. The summed E-state index contributed by atoms with van der Waals surface area (Å²) in [5.74, 6) is 0.774. The van der Waals surface area contributed by atoms with E-state index in [2.05, 4.69) is 12.2 Å². The Kier molecular flexibility index (Phi) is 3.74. The molecule has 0 spiro atoms. The number of aliphatic hydroxyl groups is 1. The van der Waals surface area contributed by atoms with Crippen LogP contribution in [0.25, 0.3) is 0 Å². The van der Waals surface area contributed by atoms with Crippen LogP contribution in [-0.2, 0) is 0 Å². The van der Waals surface area contributed by atoms with Gasteiger partial charge in [0.25, 0.3) is 0 Å². The molecule has 0 radical (unpaired) electrons. The summed E-state index contributed by atoms with van der Waals surface area (Å²) in [6.45, 7) is 6.73. The topological polar surface area (TPSA) is 32.3 Å². The zero-order valence-corrected chi connectivity index (χ0v) is 9.14. The van der Waals surface area contributed by atoms with Gasteiger partial charge in [0.2, 0.25) is 0 Å². The minimum Gasteiger partial charge on any atom is -0.389 e. The van der Waals surface area contributed by atoms with E-state index in [9.17, 15) is 5.11 Å². The molecule has 0 saturated heterocycles. The molecule has 78 valence electrons. The maximum Gasteiger partial charge on any atom is 0.0715 e. The van der Waals surface area contributed by atoms with Crippen molar-refractivity contribution >= 4 is 0 Å². The molecule has 2 atom stereocenters. The number of nitrogens with one attached hydrogen (secondary N) is 1. The lowest BCUT2D eigenvalue weighted by atomic mass is 9.85. The average Bonchev–Trinajstić information content (AvgIpc) is 2.01. The summed E-state index contributed by atoms with van der Waals surface area (Å²) in [7, 11) is 0. The van der Waals surface area contributed by atoms with Gasteiger partial charge in [-0.15, -0.1) is 0 Å². The lowest BCUT2D eigenvalue weighted by Crippen LogP contribution is -2.44. The van der Waals surface area contributed by atoms with E-state index < -0.39 is 5.60 Å². The second-order valence-electron chi connectivity index (χ2n) is 5.06. The van der Waals surface area contributed by atoms with Gasteiger partial charge in [0, 0.05) is 12.6 Å². The Morgan fingerprint density at radius 2 is 1.92 bits per heavy atom. The van der Waals surface area contributed by atoms with Crippen LogP contribution in [0, 0.1) is 5.92 Å². The molecule has 1 aliphatic rings. The van der Waals surface area contributed by atoms with Crippen LogP contribution in [0.3, 0.4) is 0 Å². The molecule has 1 saturated carbocycles. The number of hydrogen-bond donors (Lipinski definition) is 2. The highest BCUT2D eigenvalue weighted by Gasteiger charge is 2.22. The fraction of sp³-hybridized carbons (Fsp3) is 1.00. The number of hydrogen-bond acceptors (Lipinski definition) is 2. The summed E-state index contributed by atoms with van der Waals surface area (Å²) in [6, 6.07) is 0.625. The standard InChI is InChI=1S/C11H23NO/c1-9-6-4-5-7-10(9)12-8-11(2,3)13/h9-10,12-13H,4-8H2,1-3H3/t9-,10-/m1/s1. The zero-order chi connectivity index (χ0) is 9.90. The third-order valence-corrected chi connectivity index (χ3v) is 2.91. The fourth-order valence-electron chi connectivity index (χ4n) is 2.00. The first kappa shape index (κ1) is 11.0. The molecule has 2 heteroatoms. The van der Waals surface area contributed by atoms with Crippen molar-refractivity contribution in [2.75, 3.05) is 6.54 Å². The van der Waals surface area contributed by atoms with E-state index in [-0.39, 0.29) is 0 Å². The summed E-state index contributed by atoms with van der Waals surface area (Å²) < 4.78 is 0. The third-order valence-electron chi connectivity index (χ3n) is 2.91. The molecule has 0 bridgehead atoms. The average molecular weight is 185 g/mol. The molecular weight excluding hydrogens is 162 g/mol. The van der Waals surface area contributed by atoms with E-state index in [1.54, 1.807) is 0 Å². The Labute approximate surface area is 81.7 Å². The molecule has 0 aliphatic heterocycles. The van der Waals surface area contributed by atoms with E-state index in [1.807, 2.05) is 13.8 Å². The predicted molar refractivity (Wildman–Crippen MR) is 55.7 cm³/mol. The Bertz CT molecular complexity index is 151. The summed E-state index contributed by atoms with van der Waals surface area (Å²) in [6.07, 6.45) is 5.33. The first-order valence-electron chi connectivity index (χ1n) is 5.45. The number of rotatable bonds is 3. The van der Waals surface area contributed by atoms with Crippen molar-refractivity contribution in [2.24, 2.45) is 5.92 Å². The van der Waals surface area contributed by atoms with Gasteiger partial charge in [-0.2, -0.15) is 0 Å². The highest BCUT2D eigenvalue weighted by Crippen LogP contribution is 2.23. The molecule has 0 aromatic carbocycles. The molecular formula is C11H23NO. The van der Waals surface area contributed by atoms with Gasteiger partial charge in [-0.1, -0.05) is 19.8 Å². The minimum absolute atomic E-state index is 0.572. The van der Waals surface area contributed by atoms with Crippen molar-refractivity contribution in [3.8, 4) is 0 Å². The first-order chi connectivity index (χ1) is 5.99. The monoisotopic (exact) mass is 185 g/mol. The van der Waals surface area contributed by atoms with Crippen LogP contribution < -0.4 is 5.32 Å². The van der Waals surface area contributed by atoms with E-state index >= 15 is 0 Å². The van der Waals surface area contributed by atoms with Crippen molar-refractivity contribution in [2.45, 2.75) is 58.1 Å². The van der Waals surface area contributed by atoms with Gasteiger partial charge in [0.1, 0.15) is 0 Å². The van der Waals surface area contributed by atoms with Gasteiger partial charge in [-0.3, -0.25) is 0 Å². The summed E-state index contributed by atoms with van der Waals surface area (Å²) >= 11 is 0. The molecule has 1 rings (SSSR count). The van der Waals surface area contributed by atoms with Crippen LogP contribution in [0.2, 0.25) is 0 Å². The molecule has 2 N–H and O–H groups in total. The Morgan fingerprint density at radius 3 is 2.46 bits per heavy atom. The van der Waals surface area contributed by atoms with Crippen LogP contribution in [-0.4, -0.2) is 23.3 Å². The van der Waals surface area contributed by atoms with E-state index in [1.165, 1.54) is 25.7 Å². The Hall–Kier alpha value is -0.0800. The lowest BCUT2D eigenvalue weighted by molar-refractivity contribution is 0.0713. The summed E-state index contributed by atoms with van der Waals surface area (Å²) in [5.41, 5.74) is -0.572. The molecule has 0 aromatic heterocycles. The molecule has 0 aromatic rings. The van der Waals surface area contributed by atoms with Crippen LogP contribution in [0.1, 0.15) is 46.5 Å². The van der Waals surface area contributed by atoms with Crippen molar-refractivity contribution < 1.29 is 5.11 Å². The normalized spacial score (nSPS) is 30.5. The van der Waals surface area contributed by atoms with Gasteiger partial charge in [0.15, 0.2) is 0 Å². The highest BCUT2D eigenvalue weighted by molar-refractivity contribution is 4.80. The van der Waals surface area contributed by atoms with Crippen molar-refractivity contribution in [1.82, 2.24) is 5.32 Å². The smallest absolute Gasteiger partial charge is 0.0715 e. The molecule has 1 aliphatic carbocycles. The van der Waals surface area contributed by atoms with Crippen LogP contribution in [0.15, 0.2) is 0 Å². The Balaban J connectivity index is 2.27. The third kappa shape index (κ3) is 4.10. The maximum absolute atomic E-state index is 9.57.